The zero-order valence-corrected chi connectivity index (χ0v) is 18.9. The van der Waals surface area contributed by atoms with E-state index in [1.54, 1.807) is 42.5 Å². The van der Waals surface area contributed by atoms with Gasteiger partial charge in [0.25, 0.3) is 15.8 Å². The van der Waals surface area contributed by atoms with Crippen LogP contribution in [0.5, 0.6) is 11.5 Å². The number of ether oxygens (including phenoxy) is 1. The van der Waals surface area contributed by atoms with Crippen molar-refractivity contribution in [1.82, 2.24) is 9.97 Å². The molecule has 10 nitrogen and oxygen atoms in total. The van der Waals surface area contributed by atoms with Crippen LogP contribution in [0.3, 0.4) is 0 Å². The second-order valence-corrected chi connectivity index (χ2v) is 9.18. The number of H-pyrrole nitrogens is 1. The smallest absolute Gasteiger partial charge is 0.294 e. The number of aromatic hydroxyl groups is 1. The number of para-hydroxylation sites is 1. The number of hydrogen-bond acceptors (Lipinski definition) is 7. The molecule has 0 aliphatic carbocycles. The van der Waals surface area contributed by atoms with Crippen molar-refractivity contribution >= 4 is 37.6 Å². The number of hydrogen-bond donors (Lipinski definition) is 3. The highest BCUT2D eigenvalue weighted by atomic mass is 32.2. The quantitative estimate of drug-likeness (QED) is 0.178. The monoisotopic (exact) mass is 491 g/mol. The number of aromatic nitrogens is 2. The third-order valence-corrected chi connectivity index (χ3v) is 6.49. The lowest BCUT2D eigenvalue weighted by Gasteiger charge is -2.12. The van der Waals surface area contributed by atoms with Crippen molar-refractivity contribution in [3.8, 4) is 34.0 Å². The molecule has 5 aromatic rings. The molecule has 1 heterocycles. The van der Waals surface area contributed by atoms with Crippen LogP contribution >= 0.6 is 0 Å². The Morgan fingerprint density at radius 2 is 1.77 bits per heavy atom. The van der Waals surface area contributed by atoms with Crippen molar-refractivity contribution in [1.29, 1.82) is 0 Å². The molecule has 0 bridgehead atoms. The molecule has 0 unspecified atom stereocenters. The Labute approximate surface area is 198 Å². The molecule has 0 atom stereocenters. The van der Waals surface area contributed by atoms with Crippen molar-refractivity contribution in [2.24, 2.45) is 0 Å². The van der Waals surface area contributed by atoms with E-state index in [0.29, 0.717) is 50.1 Å². The summed E-state index contributed by atoms with van der Waals surface area (Å²) in [5.41, 5.74) is 2.71. The summed E-state index contributed by atoms with van der Waals surface area (Å²) in [6, 6.07) is 17.0. The summed E-state index contributed by atoms with van der Waals surface area (Å²) in [6.07, 6.45) is 0. The number of rotatable bonds is 5. The van der Waals surface area contributed by atoms with Crippen molar-refractivity contribution < 1.29 is 27.7 Å². The largest absolute Gasteiger partial charge is 0.507 e. The van der Waals surface area contributed by atoms with Crippen LogP contribution in [0.25, 0.3) is 44.3 Å². The van der Waals surface area contributed by atoms with E-state index in [0.717, 1.165) is 6.07 Å². The first-order chi connectivity index (χ1) is 16.7. The number of non-ortho nitro benzene ring substituents is 1. The fourth-order valence-electron chi connectivity index (χ4n) is 4.12. The van der Waals surface area contributed by atoms with Gasteiger partial charge in [-0.3, -0.25) is 14.7 Å². The van der Waals surface area contributed by atoms with Gasteiger partial charge in [-0.05, 0) is 29.1 Å². The lowest BCUT2D eigenvalue weighted by molar-refractivity contribution is -0.384. The van der Waals surface area contributed by atoms with Gasteiger partial charge in [0.05, 0.1) is 33.4 Å². The molecule has 176 valence electrons. The number of phenolic OH excluding ortho intramolecular Hbond substituents is 1. The summed E-state index contributed by atoms with van der Waals surface area (Å²) in [5.74, 6) is 0.500. The van der Waals surface area contributed by atoms with E-state index in [-0.39, 0.29) is 11.4 Å². The highest BCUT2D eigenvalue weighted by Gasteiger charge is 2.20. The zero-order valence-electron chi connectivity index (χ0n) is 18.1. The fourth-order valence-corrected chi connectivity index (χ4v) is 4.65. The number of nitro benzene ring substituents is 1. The molecule has 0 saturated heterocycles. The van der Waals surface area contributed by atoms with Crippen LogP contribution in [0.1, 0.15) is 0 Å². The second kappa shape index (κ2) is 8.08. The first kappa shape index (κ1) is 22.3. The van der Waals surface area contributed by atoms with Gasteiger partial charge in [0.2, 0.25) is 0 Å². The molecule has 0 fully saturated rings. The molecule has 0 saturated carbocycles. The third-order valence-electron chi connectivity index (χ3n) is 5.66. The van der Waals surface area contributed by atoms with Gasteiger partial charge in [0.1, 0.15) is 22.8 Å². The minimum atomic E-state index is -4.50. The number of nitrogens with zero attached hydrogens (tertiary/aromatic N) is 2. The summed E-state index contributed by atoms with van der Waals surface area (Å²) in [5, 5.41) is 22.5. The lowest BCUT2D eigenvalue weighted by atomic mass is 10.0. The van der Waals surface area contributed by atoms with Gasteiger partial charge in [-0.2, -0.15) is 8.42 Å². The lowest BCUT2D eigenvalue weighted by Crippen LogP contribution is -1.97. The molecular formula is C24H17N3O7S. The maximum absolute atomic E-state index is 11.5. The van der Waals surface area contributed by atoms with Gasteiger partial charge in [-0.1, -0.05) is 30.3 Å². The van der Waals surface area contributed by atoms with E-state index < -0.39 is 19.9 Å². The summed E-state index contributed by atoms with van der Waals surface area (Å²) >= 11 is 0. The van der Waals surface area contributed by atoms with Crippen LogP contribution in [0.4, 0.5) is 5.69 Å². The Hall–Kier alpha value is -4.48. The number of nitrogens with one attached hydrogen (secondary N) is 1. The van der Waals surface area contributed by atoms with E-state index in [1.165, 1.54) is 25.3 Å². The molecule has 0 aliphatic rings. The predicted molar refractivity (Wildman–Crippen MR) is 129 cm³/mol. The van der Waals surface area contributed by atoms with E-state index in [2.05, 4.69) is 9.97 Å². The van der Waals surface area contributed by atoms with Gasteiger partial charge in [-0.25, -0.2) is 4.98 Å². The number of aromatic amines is 1. The Morgan fingerprint density at radius 1 is 1.03 bits per heavy atom. The van der Waals surface area contributed by atoms with E-state index in [1.807, 2.05) is 0 Å². The van der Waals surface area contributed by atoms with Crippen LogP contribution in [-0.2, 0) is 10.1 Å². The third kappa shape index (κ3) is 3.82. The van der Waals surface area contributed by atoms with E-state index in [4.69, 9.17) is 4.74 Å². The second-order valence-electron chi connectivity index (χ2n) is 7.76. The van der Waals surface area contributed by atoms with Crippen molar-refractivity contribution in [3.63, 3.8) is 0 Å². The van der Waals surface area contributed by atoms with Crippen molar-refractivity contribution in [2.45, 2.75) is 4.90 Å². The van der Waals surface area contributed by atoms with Crippen molar-refractivity contribution in [3.05, 3.63) is 76.8 Å². The fraction of sp³-hybridized carbons (Fsp3) is 0.0417. The molecule has 4 aromatic carbocycles. The van der Waals surface area contributed by atoms with Crippen LogP contribution in [-0.4, -0.2) is 40.1 Å². The molecular weight excluding hydrogens is 474 g/mol. The Kier molecular flexibility index (Phi) is 5.15. The predicted octanol–water partition coefficient (Wildman–Crippen LogP) is 4.92. The van der Waals surface area contributed by atoms with Crippen LogP contribution in [0.15, 0.2) is 71.6 Å². The Balaban J connectivity index is 1.71. The molecule has 0 amide bonds. The SMILES string of the molecule is COc1c(-c2cccc([N+](=O)[O-])c2)cccc1-c1nc2c(ccc3cc(S(=O)(=O)O)cc(O)c32)[nH]1. The molecule has 0 spiro atoms. The normalized spacial score (nSPS) is 11.7. The minimum absolute atomic E-state index is 0.0510. The van der Waals surface area contributed by atoms with Crippen LogP contribution in [0.2, 0.25) is 0 Å². The van der Waals surface area contributed by atoms with Gasteiger partial charge < -0.3 is 14.8 Å². The molecule has 5 rings (SSSR count). The number of imidazole rings is 1. The van der Waals surface area contributed by atoms with Gasteiger partial charge >= 0.3 is 0 Å². The highest BCUT2D eigenvalue weighted by molar-refractivity contribution is 7.85. The zero-order chi connectivity index (χ0) is 24.9. The maximum Gasteiger partial charge on any atom is 0.294 e. The van der Waals surface area contributed by atoms with Crippen LogP contribution in [0, 0.1) is 10.1 Å². The van der Waals surface area contributed by atoms with E-state index in [9.17, 15) is 28.2 Å². The first-order valence-electron chi connectivity index (χ1n) is 10.2. The van der Waals surface area contributed by atoms with Crippen molar-refractivity contribution in [2.75, 3.05) is 7.11 Å². The molecule has 0 aliphatic heterocycles. The number of nitro groups is 1. The molecule has 11 heteroatoms. The number of phenols is 1. The van der Waals surface area contributed by atoms with Gasteiger partial charge in [0.15, 0.2) is 0 Å². The van der Waals surface area contributed by atoms with Gasteiger partial charge in [-0.15, -0.1) is 0 Å². The summed E-state index contributed by atoms with van der Waals surface area (Å²) in [4.78, 5) is 18.2. The Morgan fingerprint density at radius 3 is 2.49 bits per heavy atom. The van der Waals surface area contributed by atoms with Gasteiger partial charge in [0, 0.05) is 23.8 Å². The van der Waals surface area contributed by atoms with Crippen LogP contribution < -0.4 is 4.74 Å². The number of fused-ring (bicyclic) bond motifs is 3. The highest BCUT2D eigenvalue weighted by Crippen LogP contribution is 2.41. The first-order valence-corrected chi connectivity index (χ1v) is 11.7. The minimum Gasteiger partial charge on any atom is -0.507 e. The summed E-state index contributed by atoms with van der Waals surface area (Å²) in [6.45, 7) is 0. The average Bonchev–Trinajstić information content (AvgIpc) is 3.27. The molecule has 3 N–H and O–H groups in total. The number of methoxy groups -OCH3 is 1. The topological polar surface area (TPSA) is 156 Å². The standard InChI is InChI=1S/C24H17N3O7S/c1-34-23-17(13-4-2-5-15(10-13)27(29)30)6-3-7-18(23)24-25-19-9-8-14-11-16(35(31,32)33)12-20(28)21(14)22(19)26-24/h2-12,28H,1H3,(H,25,26)(H,31,32,33). The number of benzene rings is 4. The molecule has 1 aromatic heterocycles. The summed E-state index contributed by atoms with van der Waals surface area (Å²) in [7, 11) is -3.02. The maximum atomic E-state index is 11.5. The average molecular weight is 491 g/mol. The van der Waals surface area contributed by atoms with E-state index >= 15 is 0 Å². The molecule has 0 radical (unpaired) electrons. The molecule has 35 heavy (non-hydrogen) atoms. The summed E-state index contributed by atoms with van der Waals surface area (Å²) < 4.78 is 38.1. The Bertz CT molecular complexity index is 1760.